The minimum absolute atomic E-state index is 0.563. The molecule has 0 radical (unpaired) electrons. The zero-order valence-corrected chi connectivity index (χ0v) is 12.9. The topological polar surface area (TPSA) is 49.8 Å². The molecule has 21 heavy (non-hydrogen) atoms. The standard InChI is InChI=1S/C17H23NO3/c1-12(14-6-7-14)18(2)11-15-10-13(5-9-17(19)20)4-8-16(15)21-3/h4-5,8-10,12,14H,6-7,11H2,1-3H3,(H,19,20). The molecule has 114 valence electrons. The summed E-state index contributed by atoms with van der Waals surface area (Å²) in [6.07, 6.45) is 5.41. The summed E-state index contributed by atoms with van der Waals surface area (Å²) >= 11 is 0. The third-order valence-electron chi connectivity index (χ3n) is 4.14. The summed E-state index contributed by atoms with van der Waals surface area (Å²) in [5, 5.41) is 8.71. The van der Waals surface area contributed by atoms with Crippen molar-refractivity contribution in [3.8, 4) is 5.75 Å². The number of hydrogen-bond donors (Lipinski definition) is 1. The van der Waals surface area contributed by atoms with Crippen LogP contribution in [0.25, 0.3) is 6.08 Å². The first kappa shape index (κ1) is 15.6. The highest BCUT2D eigenvalue weighted by atomic mass is 16.5. The number of carbonyl (C=O) groups is 1. The zero-order chi connectivity index (χ0) is 15.4. The van der Waals surface area contributed by atoms with Crippen LogP contribution in [-0.2, 0) is 11.3 Å². The number of ether oxygens (including phenoxy) is 1. The molecular formula is C17H23NO3. The first-order chi connectivity index (χ1) is 10.0. The van der Waals surface area contributed by atoms with Gasteiger partial charge in [-0.15, -0.1) is 0 Å². The van der Waals surface area contributed by atoms with Gasteiger partial charge in [-0.25, -0.2) is 4.79 Å². The van der Waals surface area contributed by atoms with Crippen molar-refractivity contribution in [1.82, 2.24) is 4.90 Å². The maximum absolute atomic E-state index is 10.6. The maximum atomic E-state index is 10.6. The molecule has 1 saturated carbocycles. The Kier molecular flexibility index (Phi) is 5.02. The van der Waals surface area contributed by atoms with E-state index in [2.05, 4.69) is 18.9 Å². The Hall–Kier alpha value is -1.81. The van der Waals surface area contributed by atoms with E-state index in [1.54, 1.807) is 13.2 Å². The highest BCUT2D eigenvalue weighted by Gasteiger charge is 2.30. The summed E-state index contributed by atoms with van der Waals surface area (Å²) in [5.74, 6) is 0.722. The lowest BCUT2D eigenvalue weighted by Crippen LogP contribution is -2.30. The molecule has 1 aromatic rings. The van der Waals surface area contributed by atoms with E-state index in [1.165, 1.54) is 12.8 Å². The number of nitrogens with zero attached hydrogens (tertiary/aromatic N) is 1. The van der Waals surface area contributed by atoms with Crippen molar-refractivity contribution < 1.29 is 14.6 Å². The average molecular weight is 289 g/mol. The average Bonchev–Trinajstić information content (AvgIpc) is 3.29. The highest BCUT2D eigenvalue weighted by Crippen LogP contribution is 2.35. The predicted octanol–water partition coefficient (Wildman–Crippen LogP) is 3.02. The number of carboxylic acids is 1. The molecule has 0 saturated heterocycles. The Morgan fingerprint density at radius 2 is 2.24 bits per heavy atom. The van der Waals surface area contributed by atoms with Gasteiger partial charge in [0.2, 0.25) is 0 Å². The predicted molar refractivity (Wildman–Crippen MR) is 83.3 cm³/mol. The van der Waals surface area contributed by atoms with Crippen LogP contribution in [0.2, 0.25) is 0 Å². The summed E-state index contributed by atoms with van der Waals surface area (Å²) in [4.78, 5) is 12.9. The van der Waals surface area contributed by atoms with E-state index >= 15 is 0 Å². The van der Waals surface area contributed by atoms with Crippen LogP contribution in [0.5, 0.6) is 5.75 Å². The third kappa shape index (κ3) is 4.33. The lowest BCUT2D eigenvalue weighted by Gasteiger charge is -2.25. The maximum Gasteiger partial charge on any atom is 0.328 e. The Bertz CT molecular complexity index is 535. The Morgan fingerprint density at radius 3 is 2.81 bits per heavy atom. The quantitative estimate of drug-likeness (QED) is 0.784. The van der Waals surface area contributed by atoms with Crippen LogP contribution < -0.4 is 4.74 Å². The van der Waals surface area contributed by atoms with E-state index in [1.807, 2.05) is 18.2 Å². The van der Waals surface area contributed by atoms with Crippen molar-refractivity contribution in [2.45, 2.75) is 32.4 Å². The number of carboxylic acid groups (broad SMARTS) is 1. The van der Waals surface area contributed by atoms with E-state index in [9.17, 15) is 4.79 Å². The van der Waals surface area contributed by atoms with Gasteiger partial charge in [-0.1, -0.05) is 6.07 Å². The number of hydrogen-bond acceptors (Lipinski definition) is 3. The lowest BCUT2D eigenvalue weighted by molar-refractivity contribution is -0.131. The first-order valence-corrected chi connectivity index (χ1v) is 7.29. The SMILES string of the molecule is COc1ccc(C=CC(=O)O)cc1CN(C)C(C)C1CC1. The number of benzene rings is 1. The summed E-state index contributed by atoms with van der Waals surface area (Å²) < 4.78 is 5.42. The van der Waals surface area contributed by atoms with Gasteiger partial charge < -0.3 is 9.84 Å². The molecule has 1 unspecified atom stereocenters. The van der Waals surface area contributed by atoms with Crippen molar-refractivity contribution in [2.24, 2.45) is 5.92 Å². The van der Waals surface area contributed by atoms with Crippen LogP contribution >= 0.6 is 0 Å². The summed E-state index contributed by atoms with van der Waals surface area (Å²) in [6, 6.07) is 6.32. The molecule has 1 aliphatic carbocycles. The second-order valence-electron chi connectivity index (χ2n) is 5.74. The molecule has 1 fully saturated rings. The fourth-order valence-electron chi connectivity index (χ4n) is 2.54. The monoisotopic (exact) mass is 289 g/mol. The molecule has 1 atom stereocenters. The van der Waals surface area contributed by atoms with Crippen LogP contribution in [0.3, 0.4) is 0 Å². The summed E-state index contributed by atoms with van der Waals surface area (Å²) in [7, 11) is 3.79. The summed E-state index contributed by atoms with van der Waals surface area (Å²) in [6.45, 7) is 3.06. The molecule has 0 aromatic heterocycles. The van der Waals surface area contributed by atoms with E-state index in [4.69, 9.17) is 9.84 Å². The number of rotatable bonds is 7. The van der Waals surface area contributed by atoms with Crippen LogP contribution in [0.1, 0.15) is 30.9 Å². The molecule has 0 aliphatic heterocycles. The van der Waals surface area contributed by atoms with E-state index in [0.29, 0.717) is 6.04 Å². The smallest absolute Gasteiger partial charge is 0.328 e. The van der Waals surface area contributed by atoms with E-state index < -0.39 is 5.97 Å². The van der Waals surface area contributed by atoms with Crippen molar-refractivity contribution >= 4 is 12.0 Å². The van der Waals surface area contributed by atoms with E-state index in [0.717, 1.165) is 35.4 Å². The Balaban J connectivity index is 2.14. The molecule has 0 spiro atoms. The minimum atomic E-state index is -0.938. The zero-order valence-electron chi connectivity index (χ0n) is 12.9. The number of aliphatic carboxylic acids is 1. The Labute approximate surface area is 126 Å². The first-order valence-electron chi connectivity index (χ1n) is 7.29. The van der Waals surface area contributed by atoms with Gasteiger partial charge in [-0.05, 0) is 56.5 Å². The lowest BCUT2D eigenvalue weighted by atomic mass is 10.1. The van der Waals surface area contributed by atoms with E-state index in [-0.39, 0.29) is 0 Å². The molecule has 2 rings (SSSR count). The van der Waals surface area contributed by atoms with Crippen LogP contribution in [-0.4, -0.2) is 36.2 Å². The fourth-order valence-corrected chi connectivity index (χ4v) is 2.54. The third-order valence-corrected chi connectivity index (χ3v) is 4.14. The van der Waals surface area contributed by atoms with Crippen molar-refractivity contribution in [3.05, 3.63) is 35.4 Å². The Morgan fingerprint density at radius 1 is 1.52 bits per heavy atom. The molecular weight excluding hydrogens is 266 g/mol. The molecule has 0 bridgehead atoms. The molecule has 1 N–H and O–H groups in total. The highest BCUT2D eigenvalue weighted by molar-refractivity contribution is 5.85. The van der Waals surface area contributed by atoms with Gasteiger partial charge in [-0.2, -0.15) is 0 Å². The molecule has 4 nitrogen and oxygen atoms in total. The van der Waals surface area contributed by atoms with Gasteiger partial charge >= 0.3 is 5.97 Å². The van der Waals surface area contributed by atoms with Crippen LogP contribution in [0, 0.1) is 5.92 Å². The van der Waals surface area contributed by atoms with Gasteiger partial charge in [-0.3, -0.25) is 4.90 Å². The minimum Gasteiger partial charge on any atom is -0.496 e. The molecule has 4 heteroatoms. The summed E-state index contributed by atoms with van der Waals surface area (Å²) in [5.41, 5.74) is 1.96. The molecule has 1 aliphatic rings. The normalized spacial score (nSPS) is 16.4. The van der Waals surface area contributed by atoms with Gasteiger partial charge in [0.1, 0.15) is 5.75 Å². The fraction of sp³-hybridized carbons (Fsp3) is 0.471. The van der Waals surface area contributed by atoms with Gasteiger partial charge in [0.05, 0.1) is 7.11 Å². The van der Waals surface area contributed by atoms with Gasteiger partial charge in [0.15, 0.2) is 0 Å². The van der Waals surface area contributed by atoms with Crippen molar-refractivity contribution in [1.29, 1.82) is 0 Å². The molecule has 0 heterocycles. The second-order valence-corrected chi connectivity index (χ2v) is 5.74. The molecule has 0 amide bonds. The second kappa shape index (κ2) is 6.76. The van der Waals surface area contributed by atoms with Crippen molar-refractivity contribution in [2.75, 3.05) is 14.2 Å². The van der Waals surface area contributed by atoms with Gasteiger partial charge in [0.25, 0.3) is 0 Å². The van der Waals surface area contributed by atoms with Gasteiger partial charge in [0, 0.05) is 24.2 Å². The largest absolute Gasteiger partial charge is 0.496 e. The van der Waals surface area contributed by atoms with Crippen molar-refractivity contribution in [3.63, 3.8) is 0 Å². The van der Waals surface area contributed by atoms with Crippen LogP contribution in [0.15, 0.2) is 24.3 Å². The van der Waals surface area contributed by atoms with Crippen LogP contribution in [0.4, 0.5) is 0 Å². The number of methoxy groups -OCH3 is 1. The molecule has 1 aromatic carbocycles.